The van der Waals surface area contributed by atoms with Crippen molar-refractivity contribution in [3.8, 4) is 0 Å². The van der Waals surface area contributed by atoms with Gasteiger partial charge in [-0.25, -0.2) is 35.3 Å². The second kappa shape index (κ2) is 3.94. The molecular weight excluding hydrogens is 196 g/mol. The van der Waals surface area contributed by atoms with Crippen LogP contribution in [-0.2, 0) is 0 Å². The molecule has 0 spiro atoms. The standard InChI is InChI=1S/C6H7F2N5O/c7-3-1-4(8)5(11-2-3)13(10)6(14)12-9/h1-2H,9-10H2,(H,12,14). The van der Waals surface area contributed by atoms with E-state index in [4.69, 9.17) is 11.7 Å². The summed E-state index contributed by atoms with van der Waals surface area (Å²) in [4.78, 5) is 14.1. The van der Waals surface area contributed by atoms with Gasteiger partial charge in [0.2, 0.25) is 0 Å². The molecule has 76 valence electrons. The van der Waals surface area contributed by atoms with Crippen LogP contribution in [0.25, 0.3) is 0 Å². The Bertz CT molecular complexity index is 358. The summed E-state index contributed by atoms with van der Waals surface area (Å²) in [7, 11) is 0. The Morgan fingerprint density at radius 1 is 1.57 bits per heavy atom. The minimum Gasteiger partial charge on any atom is -0.274 e. The number of nitrogens with zero attached hydrogens (tertiary/aromatic N) is 2. The summed E-state index contributed by atoms with van der Waals surface area (Å²) in [5, 5.41) is 0.328. The molecule has 0 aliphatic carbocycles. The highest BCUT2D eigenvalue weighted by Crippen LogP contribution is 2.13. The van der Waals surface area contributed by atoms with E-state index in [2.05, 4.69) is 4.98 Å². The fourth-order valence-corrected chi connectivity index (χ4v) is 0.750. The van der Waals surface area contributed by atoms with Crippen molar-refractivity contribution in [2.45, 2.75) is 0 Å². The van der Waals surface area contributed by atoms with Gasteiger partial charge >= 0.3 is 6.03 Å². The number of nitrogens with one attached hydrogen (secondary N) is 1. The van der Waals surface area contributed by atoms with Crippen LogP contribution in [0.2, 0.25) is 0 Å². The molecule has 0 fully saturated rings. The van der Waals surface area contributed by atoms with E-state index in [1.807, 2.05) is 0 Å². The average Bonchev–Trinajstić information content (AvgIpc) is 2.15. The maximum atomic E-state index is 13.0. The molecule has 0 saturated carbocycles. The normalized spacial score (nSPS) is 9.71. The van der Waals surface area contributed by atoms with E-state index in [1.165, 1.54) is 0 Å². The van der Waals surface area contributed by atoms with E-state index in [-0.39, 0.29) is 0 Å². The van der Waals surface area contributed by atoms with Crippen molar-refractivity contribution in [1.82, 2.24) is 10.4 Å². The van der Waals surface area contributed by atoms with E-state index in [9.17, 15) is 13.6 Å². The molecule has 1 aromatic rings. The highest BCUT2D eigenvalue weighted by atomic mass is 19.1. The summed E-state index contributed by atoms with van der Waals surface area (Å²) in [6.45, 7) is 0. The first kappa shape index (κ1) is 10.3. The van der Waals surface area contributed by atoms with Crippen molar-refractivity contribution in [3.63, 3.8) is 0 Å². The van der Waals surface area contributed by atoms with Crippen molar-refractivity contribution in [2.75, 3.05) is 5.01 Å². The fraction of sp³-hybridized carbons (Fsp3) is 0. The molecule has 14 heavy (non-hydrogen) atoms. The van der Waals surface area contributed by atoms with Gasteiger partial charge in [-0.05, 0) is 0 Å². The third-order valence-electron chi connectivity index (χ3n) is 1.36. The highest BCUT2D eigenvalue weighted by Gasteiger charge is 2.16. The molecular formula is C6H7F2N5O. The van der Waals surface area contributed by atoms with Crippen molar-refractivity contribution in [1.29, 1.82) is 0 Å². The number of hydrogen-bond donors (Lipinski definition) is 3. The molecule has 0 aromatic carbocycles. The molecule has 0 atom stereocenters. The number of rotatable bonds is 1. The predicted molar refractivity (Wildman–Crippen MR) is 43.5 cm³/mol. The number of nitrogens with two attached hydrogens (primary N) is 2. The zero-order valence-corrected chi connectivity index (χ0v) is 6.87. The SMILES string of the molecule is NNC(=O)N(N)c1ncc(F)cc1F. The Kier molecular flexibility index (Phi) is 2.89. The van der Waals surface area contributed by atoms with Gasteiger partial charge in [0.25, 0.3) is 0 Å². The molecule has 2 amide bonds. The molecule has 1 rings (SSSR count). The Labute approximate surface area is 77.4 Å². The van der Waals surface area contributed by atoms with Crippen molar-refractivity contribution in [3.05, 3.63) is 23.9 Å². The maximum Gasteiger partial charge on any atom is 0.351 e. The Morgan fingerprint density at radius 3 is 2.71 bits per heavy atom. The Hall–Kier alpha value is -1.80. The van der Waals surface area contributed by atoms with Gasteiger partial charge in [-0.15, -0.1) is 0 Å². The van der Waals surface area contributed by atoms with Crippen LogP contribution in [-0.4, -0.2) is 11.0 Å². The summed E-state index contributed by atoms with van der Waals surface area (Å²) in [5.74, 6) is 7.41. The first-order chi connectivity index (χ1) is 6.56. The van der Waals surface area contributed by atoms with Gasteiger partial charge in [0.15, 0.2) is 11.6 Å². The first-order valence-corrected chi connectivity index (χ1v) is 3.42. The Morgan fingerprint density at radius 2 is 2.21 bits per heavy atom. The lowest BCUT2D eigenvalue weighted by molar-refractivity contribution is 0.246. The number of pyridine rings is 1. The summed E-state index contributed by atoms with van der Waals surface area (Å²) in [6.07, 6.45) is 0.724. The van der Waals surface area contributed by atoms with Gasteiger partial charge in [-0.1, -0.05) is 0 Å². The smallest absolute Gasteiger partial charge is 0.274 e. The van der Waals surface area contributed by atoms with E-state index >= 15 is 0 Å². The van der Waals surface area contributed by atoms with Gasteiger partial charge in [0, 0.05) is 6.07 Å². The van der Waals surface area contributed by atoms with Gasteiger partial charge in [0.05, 0.1) is 6.20 Å². The van der Waals surface area contributed by atoms with Crippen molar-refractivity contribution < 1.29 is 13.6 Å². The molecule has 0 aliphatic heterocycles. The fourth-order valence-electron chi connectivity index (χ4n) is 0.750. The van der Waals surface area contributed by atoms with Gasteiger partial charge < -0.3 is 0 Å². The van der Waals surface area contributed by atoms with Crippen LogP contribution in [0.4, 0.5) is 19.4 Å². The molecule has 0 bridgehead atoms. The summed E-state index contributed by atoms with van der Waals surface area (Å²) >= 11 is 0. The molecule has 0 unspecified atom stereocenters. The maximum absolute atomic E-state index is 13.0. The van der Waals surface area contributed by atoms with E-state index < -0.39 is 23.5 Å². The summed E-state index contributed by atoms with van der Waals surface area (Å²) < 4.78 is 25.4. The van der Waals surface area contributed by atoms with Crippen LogP contribution in [0.1, 0.15) is 0 Å². The number of anilines is 1. The van der Waals surface area contributed by atoms with E-state index in [0.29, 0.717) is 11.1 Å². The zero-order chi connectivity index (χ0) is 10.7. The summed E-state index contributed by atoms with van der Waals surface area (Å²) in [5.41, 5.74) is 1.67. The lowest BCUT2D eigenvalue weighted by Gasteiger charge is -2.14. The van der Waals surface area contributed by atoms with Crippen LogP contribution >= 0.6 is 0 Å². The Balaban J connectivity index is 3.01. The zero-order valence-electron chi connectivity index (χ0n) is 6.87. The molecule has 0 aliphatic rings. The quantitative estimate of drug-likeness (QED) is 0.329. The van der Waals surface area contributed by atoms with Crippen LogP contribution in [0.15, 0.2) is 12.3 Å². The van der Waals surface area contributed by atoms with Gasteiger partial charge in [0.1, 0.15) is 5.82 Å². The minimum absolute atomic E-state index is 0.328. The second-order valence-electron chi connectivity index (χ2n) is 2.28. The molecule has 1 heterocycles. The number of carbonyl (C=O) groups is 1. The number of halogens is 2. The largest absolute Gasteiger partial charge is 0.351 e. The van der Waals surface area contributed by atoms with Crippen molar-refractivity contribution in [2.24, 2.45) is 11.7 Å². The third kappa shape index (κ3) is 1.92. The number of hydrogen-bond acceptors (Lipinski definition) is 4. The third-order valence-corrected chi connectivity index (χ3v) is 1.36. The predicted octanol–water partition coefficient (Wildman–Crippen LogP) is -0.377. The van der Waals surface area contributed by atoms with Gasteiger partial charge in [-0.3, -0.25) is 5.43 Å². The van der Waals surface area contributed by atoms with Crippen LogP contribution in [0, 0.1) is 11.6 Å². The molecule has 0 radical (unpaired) electrons. The minimum atomic E-state index is -1.06. The number of amides is 2. The van der Waals surface area contributed by atoms with Gasteiger partial charge in [-0.2, -0.15) is 0 Å². The molecule has 0 saturated heterocycles. The van der Waals surface area contributed by atoms with E-state index in [0.717, 1.165) is 6.20 Å². The molecule has 8 heteroatoms. The van der Waals surface area contributed by atoms with Crippen LogP contribution in [0.5, 0.6) is 0 Å². The number of hydrazine groups is 2. The average molecular weight is 203 g/mol. The number of urea groups is 1. The summed E-state index contributed by atoms with van der Waals surface area (Å²) in [6, 6.07) is -0.422. The van der Waals surface area contributed by atoms with Crippen molar-refractivity contribution >= 4 is 11.8 Å². The molecule has 1 aromatic heterocycles. The molecule has 6 nitrogen and oxygen atoms in total. The highest BCUT2D eigenvalue weighted by molar-refractivity contribution is 5.89. The lowest BCUT2D eigenvalue weighted by atomic mass is 10.4. The monoisotopic (exact) mass is 203 g/mol. The number of aromatic nitrogens is 1. The number of carbonyl (C=O) groups excluding carboxylic acids is 1. The second-order valence-corrected chi connectivity index (χ2v) is 2.28. The van der Waals surface area contributed by atoms with E-state index in [1.54, 1.807) is 5.43 Å². The lowest BCUT2D eigenvalue weighted by Crippen LogP contribution is -2.48. The van der Waals surface area contributed by atoms with Crippen LogP contribution in [0.3, 0.4) is 0 Å². The van der Waals surface area contributed by atoms with Crippen LogP contribution < -0.4 is 22.1 Å². The first-order valence-electron chi connectivity index (χ1n) is 3.42. The topological polar surface area (TPSA) is 97.3 Å². The molecule has 5 N–H and O–H groups in total.